The Morgan fingerprint density at radius 1 is 0.783 bits per heavy atom. The number of rotatable bonds is 1. The average Bonchev–Trinajstić information content (AvgIpc) is 2.45. The van der Waals surface area contributed by atoms with Gasteiger partial charge in [-0.05, 0) is 46.2 Å². The Labute approximate surface area is 140 Å². The predicted octanol–water partition coefficient (Wildman–Crippen LogP) is 5.64. The Morgan fingerprint density at radius 2 is 1.22 bits per heavy atom. The van der Waals surface area contributed by atoms with Crippen LogP contribution in [-0.4, -0.2) is 5.11 Å². The van der Waals surface area contributed by atoms with E-state index in [0.717, 1.165) is 27.8 Å². The van der Waals surface area contributed by atoms with Gasteiger partial charge in [0.05, 0.1) is 0 Å². The summed E-state index contributed by atoms with van der Waals surface area (Å²) in [5.41, 5.74) is 4.79. The van der Waals surface area contributed by atoms with Gasteiger partial charge < -0.3 is 5.11 Å². The van der Waals surface area contributed by atoms with Gasteiger partial charge in [0, 0.05) is 16.7 Å². The zero-order chi connectivity index (χ0) is 17.4. The lowest BCUT2D eigenvalue weighted by molar-refractivity contribution is 0.423. The van der Waals surface area contributed by atoms with Crippen LogP contribution in [0.4, 0.5) is 0 Å². The van der Waals surface area contributed by atoms with Gasteiger partial charge in [0.25, 0.3) is 0 Å². The third-order valence-electron chi connectivity index (χ3n) is 4.11. The molecule has 120 valence electrons. The van der Waals surface area contributed by atoms with Crippen LogP contribution in [0.5, 0.6) is 5.75 Å². The van der Waals surface area contributed by atoms with Crippen LogP contribution in [0.15, 0.2) is 36.4 Å². The summed E-state index contributed by atoms with van der Waals surface area (Å²) in [6.45, 7) is 12.7. The van der Waals surface area contributed by atoms with E-state index in [1.54, 1.807) is 0 Å². The van der Waals surface area contributed by atoms with Crippen molar-refractivity contribution in [2.75, 3.05) is 0 Å². The number of aromatic hydroxyl groups is 1. The van der Waals surface area contributed by atoms with Gasteiger partial charge >= 0.3 is 0 Å². The molecule has 0 radical (unpaired) electrons. The van der Waals surface area contributed by atoms with E-state index in [2.05, 4.69) is 59.6 Å². The molecule has 23 heavy (non-hydrogen) atoms. The standard InChI is InChI=1S/C22H26O/c1-8-15-9-11-16(12-10-15)17-13-18(21(2,3)4)20(23)19(14-17)22(5,6)7/h1,9-14,23H,2-7H3. The average molecular weight is 306 g/mol. The van der Waals surface area contributed by atoms with Crippen LogP contribution in [0.1, 0.15) is 58.2 Å². The Balaban J connectivity index is 2.71. The van der Waals surface area contributed by atoms with Crippen LogP contribution < -0.4 is 0 Å². The molecule has 0 aliphatic rings. The van der Waals surface area contributed by atoms with Crippen LogP contribution in [0, 0.1) is 12.3 Å². The van der Waals surface area contributed by atoms with Crippen molar-refractivity contribution in [2.24, 2.45) is 0 Å². The largest absolute Gasteiger partial charge is 0.507 e. The second-order valence-corrected chi connectivity index (χ2v) is 8.14. The number of benzene rings is 2. The summed E-state index contributed by atoms with van der Waals surface area (Å²) in [6.07, 6.45) is 5.44. The highest BCUT2D eigenvalue weighted by Crippen LogP contribution is 2.41. The van der Waals surface area contributed by atoms with Crippen LogP contribution >= 0.6 is 0 Å². The van der Waals surface area contributed by atoms with E-state index in [1.807, 2.05) is 24.3 Å². The Bertz CT molecular complexity index is 710. The second-order valence-electron chi connectivity index (χ2n) is 8.14. The molecule has 0 aliphatic carbocycles. The van der Waals surface area contributed by atoms with Gasteiger partial charge in [0.2, 0.25) is 0 Å². The van der Waals surface area contributed by atoms with Gasteiger partial charge in [-0.3, -0.25) is 0 Å². The SMILES string of the molecule is C#Cc1ccc(-c2cc(C(C)(C)C)c(O)c(C(C)(C)C)c2)cc1. The molecule has 1 nitrogen and oxygen atoms in total. The van der Waals surface area contributed by atoms with E-state index in [9.17, 15) is 5.11 Å². The molecule has 0 aromatic heterocycles. The summed E-state index contributed by atoms with van der Waals surface area (Å²) in [7, 11) is 0. The molecule has 0 aliphatic heterocycles. The molecule has 0 atom stereocenters. The van der Waals surface area contributed by atoms with E-state index in [1.165, 1.54) is 0 Å². The van der Waals surface area contributed by atoms with Crippen molar-refractivity contribution in [1.82, 2.24) is 0 Å². The molecule has 2 aromatic rings. The molecule has 0 amide bonds. The highest BCUT2D eigenvalue weighted by Gasteiger charge is 2.26. The fourth-order valence-electron chi connectivity index (χ4n) is 2.70. The highest BCUT2D eigenvalue weighted by molar-refractivity contribution is 5.69. The molecular formula is C22H26O. The van der Waals surface area contributed by atoms with Gasteiger partial charge in [-0.25, -0.2) is 0 Å². The zero-order valence-electron chi connectivity index (χ0n) is 15.0. The molecule has 0 saturated carbocycles. The van der Waals surface area contributed by atoms with E-state index in [4.69, 9.17) is 6.42 Å². The lowest BCUT2D eigenvalue weighted by Crippen LogP contribution is -2.17. The lowest BCUT2D eigenvalue weighted by atomic mass is 9.78. The lowest BCUT2D eigenvalue weighted by Gasteiger charge is -2.28. The first-order valence-corrected chi connectivity index (χ1v) is 7.99. The first-order chi connectivity index (χ1) is 10.5. The number of hydrogen-bond acceptors (Lipinski definition) is 1. The summed E-state index contributed by atoms with van der Waals surface area (Å²) in [5, 5.41) is 10.8. The summed E-state index contributed by atoms with van der Waals surface area (Å²) >= 11 is 0. The maximum absolute atomic E-state index is 10.8. The normalized spacial score (nSPS) is 12.0. The first-order valence-electron chi connectivity index (χ1n) is 7.99. The van der Waals surface area contributed by atoms with E-state index in [-0.39, 0.29) is 10.8 Å². The maximum Gasteiger partial charge on any atom is 0.123 e. The second kappa shape index (κ2) is 5.78. The van der Waals surface area contributed by atoms with Crippen molar-refractivity contribution in [3.8, 4) is 29.2 Å². The van der Waals surface area contributed by atoms with Gasteiger partial charge in [0.15, 0.2) is 0 Å². The summed E-state index contributed by atoms with van der Waals surface area (Å²) in [4.78, 5) is 0. The van der Waals surface area contributed by atoms with Crippen molar-refractivity contribution in [3.63, 3.8) is 0 Å². The van der Waals surface area contributed by atoms with Crippen LogP contribution in [0.2, 0.25) is 0 Å². The minimum Gasteiger partial charge on any atom is -0.507 e. The number of phenols is 1. The maximum atomic E-state index is 10.8. The monoisotopic (exact) mass is 306 g/mol. The first kappa shape index (κ1) is 17.2. The molecular weight excluding hydrogens is 280 g/mol. The fourth-order valence-corrected chi connectivity index (χ4v) is 2.70. The molecule has 2 aromatic carbocycles. The van der Waals surface area contributed by atoms with Gasteiger partial charge in [0.1, 0.15) is 5.75 Å². The Hall–Kier alpha value is -2.20. The minimum absolute atomic E-state index is 0.126. The van der Waals surface area contributed by atoms with Gasteiger partial charge in [-0.1, -0.05) is 59.6 Å². The Morgan fingerprint density at radius 3 is 1.57 bits per heavy atom. The van der Waals surface area contributed by atoms with Crippen LogP contribution in [0.25, 0.3) is 11.1 Å². The summed E-state index contributed by atoms with van der Waals surface area (Å²) < 4.78 is 0. The van der Waals surface area contributed by atoms with Gasteiger partial charge in [-0.2, -0.15) is 0 Å². The van der Waals surface area contributed by atoms with Crippen molar-refractivity contribution < 1.29 is 5.11 Å². The van der Waals surface area contributed by atoms with Crippen LogP contribution in [0.3, 0.4) is 0 Å². The molecule has 1 heteroatoms. The van der Waals surface area contributed by atoms with Crippen molar-refractivity contribution in [3.05, 3.63) is 53.1 Å². The predicted molar refractivity (Wildman–Crippen MR) is 98.9 cm³/mol. The summed E-state index contributed by atoms with van der Waals surface area (Å²) in [5.74, 6) is 3.06. The number of phenolic OH excluding ortho intramolecular Hbond substituents is 1. The highest BCUT2D eigenvalue weighted by atomic mass is 16.3. The zero-order valence-corrected chi connectivity index (χ0v) is 15.0. The van der Waals surface area contributed by atoms with Crippen molar-refractivity contribution in [2.45, 2.75) is 52.4 Å². The minimum atomic E-state index is -0.126. The quantitative estimate of drug-likeness (QED) is 0.676. The molecule has 0 bridgehead atoms. The molecule has 0 spiro atoms. The molecule has 0 unspecified atom stereocenters. The topological polar surface area (TPSA) is 20.2 Å². The fraction of sp³-hybridized carbons (Fsp3) is 0.364. The number of terminal acetylenes is 1. The molecule has 0 heterocycles. The third-order valence-corrected chi connectivity index (χ3v) is 4.11. The van der Waals surface area contributed by atoms with E-state index >= 15 is 0 Å². The molecule has 0 saturated heterocycles. The van der Waals surface area contributed by atoms with Gasteiger partial charge in [-0.15, -0.1) is 6.42 Å². The van der Waals surface area contributed by atoms with E-state index < -0.39 is 0 Å². The third kappa shape index (κ3) is 3.59. The molecule has 2 rings (SSSR count). The van der Waals surface area contributed by atoms with Crippen LogP contribution in [-0.2, 0) is 10.8 Å². The van der Waals surface area contributed by atoms with Crippen molar-refractivity contribution in [1.29, 1.82) is 0 Å². The molecule has 1 N–H and O–H groups in total. The summed E-state index contributed by atoms with van der Waals surface area (Å²) in [6, 6.07) is 12.2. The Kier molecular flexibility index (Phi) is 4.31. The smallest absolute Gasteiger partial charge is 0.123 e. The van der Waals surface area contributed by atoms with Crippen molar-refractivity contribution >= 4 is 0 Å². The van der Waals surface area contributed by atoms with E-state index in [0.29, 0.717) is 5.75 Å². The molecule has 0 fully saturated rings. The number of hydrogen-bond donors (Lipinski definition) is 1.